The maximum absolute atomic E-state index is 7.32. The molecule has 0 fully saturated rings. The molecule has 0 N–H and O–H groups in total. The van der Waals surface area contributed by atoms with Crippen molar-refractivity contribution in [3.8, 4) is 11.5 Å². The highest BCUT2D eigenvalue weighted by Gasteiger charge is 1.92. The molecular weight excluding hydrogens is 160 g/mol. The summed E-state index contributed by atoms with van der Waals surface area (Å²) in [5.41, 5.74) is 0. The molecule has 1 heteroatoms. The van der Waals surface area contributed by atoms with Crippen molar-refractivity contribution >= 4 is 0 Å². The second-order valence-corrected chi connectivity index (χ2v) is 2.65. The van der Waals surface area contributed by atoms with Crippen LogP contribution in [0.2, 0.25) is 0 Å². The van der Waals surface area contributed by atoms with E-state index in [4.69, 9.17) is 6.11 Å². The zero-order valence-corrected chi connectivity index (χ0v) is 7.10. The van der Waals surface area contributed by atoms with E-state index in [2.05, 4.69) is 0 Å². The Morgan fingerprint density at radius 3 is 1.92 bits per heavy atom. The fourth-order valence-corrected chi connectivity index (χ4v) is 1.06. The highest BCUT2D eigenvalue weighted by Crippen LogP contribution is 2.19. The fourth-order valence-electron chi connectivity index (χ4n) is 1.06. The van der Waals surface area contributed by atoms with E-state index >= 15 is 0 Å². The molecule has 0 aliphatic heterocycles. The maximum Gasteiger partial charge on any atom is 0.127 e. The van der Waals surface area contributed by atoms with Gasteiger partial charge in [-0.3, -0.25) is 0 Å². The SMILES string of the molecule is [3H]c1ccc(Oc2ccccc2)cc1. The molecule has 64 valence electrons. The normalized spacial score (nSPS) is 10.6. The minimum atomic E-state index is 0.491. The molecular formula is C12H10O. The largest absolute Gasteiger partial charge is 0.457 e. The molecule has 2 aromatic carbocycles. The van der Waals surface area contributed by atoms with Crippen LogP contribution in [0, 0.1) is 0 Å². The van der Waals surface area contributed by atoms with Crippen LogP contribution in [0.3, 0.4) is 0 Å². The van der Waals surface area contributed by atoms with E-state index in [1.165, 1.54) is 0 Å². The van der Waals surface area contributed by atoms with Gasteiger partial charge in [0.1, 0.15) is 11.5 Å². The lowest BCUT2D eigenvalue weighted by Gasteiger charge is -2.03. The van der Waals surface area contributed by atoms with Crippen molar-refractivity contribution in [2.45, 2.75) is 0 Å². The second-order valence-electron chi connectivity index (χ2n) is 2.65. The Bertz CT molecular complexity index is 394. The van der Waals surface area contributed by atoms with Gasteiger partial charge in [-0.25, -0.2) is 0 Å². The molecule has 0 radical (unpaired) electrons. The molecule has 1 nitrogen and oxygen atoms in total. The van der Waals surface area contributed by atoms with Crippen LogP contribution in [0.1, 0.15) is 1.37 Å². The highest BCUT2D eigenvalue weighted by molar-refractivity contribution is 5.30. The van der Waals surface area contributed by atoms with Gasteiger partial charge in [-0.05, 0) is 24.3 Å². The topological polar surface area (TPSA) is 9.23 Å². The first-order chi connectivity index (χ1) is 6.84. The van der Waals surface area contributed by atoms with Crippen molar-refractivity contribution in [2.75, 3.05) is 0 Å². The van der Waals surface area contributed by atoms with E-state index in [1.54, 1.807) is 24.3 Å². The van der Waals surface area contributed by atoms with Gasteiger partial charge in [-0.2, -0.15) is 0 Å². The van der Waals surface area contributed by atoms with Crippen LogP contribution in [0.15, 0.2) is 60.6 Å². The third-order valence-electron chi connectivity index (χ3n) is 1.67. The Balaban J connectivity index is 2.16. The summed E-state index contributed by atoms with van der Waals surface area (Å²) in [4.78, 5) is 0. The molecule has 0 atom stereocenters. The number of para-hydroxylation sites is 2. The predicted molar refractivity (Wildman–Crippen MR) is 53.0 cm³/mol. The van der Waals surface area contributed by atoms with Crippen LogP contribution in [-0.4, -0.2) is 0 Å². The molecule has 0 aliphatic rings. The third-order valence-corrected chi connectivity index (χ3v) is 1.67. The van der Waals surface area contributed by atoms with Crippen LogP contribution >= 0.6 is 0 Å². The van der Waals surface area contributed by atoms with Gasteiger partial charge in [0, 0.05) is 0 Å². The third kappa shape index (κ3) is 2.09. The van der Waals surface area contributed by atoms with Gasteiger partial charge in [-0.1, -0.05) is 36.4 Å². The van der Waals surface area contributed by atoms with Crippen molar-refractivity contribution in [2.24, 2.45) is 0 Å². The van der Waals surface area contributed by atoms with Crippen LogP contribution in [0.5, 0.6) is 11.5 Å². The van der Waals surface area contributed by atoms with Gasteiger partial charge in [0.25, 0.3) is 0 Å². The number of ether oxygens (including phenoxy) is 1. The van der Waals surface area contributed by atoms with Crippen LogP contribution in [0.4, 0.5) is 0 Å². The van der Waals surface area contributed by atoms with Crippen molar-refractivity contribution in [1.29, 1.82) is 0 Å². The van der Waals surface area contributed by atoms with Gasteiger partial charge >= 0.3 is 0 Å². The molecule has 0 bridgehead atoms. The van der Waals surface area contributed by atoms with Crippen molar-refractivity contribution in [1.82, 2.24) is 0 Å². The quantitative estimate of drug-likeness (QED) is 0.673. The molecule has 0 saturated carbocycles. The van der Waals surface area contributed by atoms with Crippen molar-refractivity contribution < 1.29 is 6.11 Å². The Kier molecular flexibility index (Phi) is 1.95. The summed E-state index contributed by atoms with van der Waals surface area (Å²) >= 11 is 0. The van der Waals surface area contributed by atoms with Crippen LogP contribution in [-0.2, 0) is 0 Å². The Morgan fingerprint density at radius 2 is 1.31 bits per heavy atom. The molecule has 0 unspecified atom stereocenters. The van der Waals surface area contributed by atoms with E-state index in [9.17, 15) is 0 Å². The van der Waals surface area contributed by atoms with Gasteiger partial charge in [0.15, 0.2) is 0 Å². The average Bonchev–Trinajstić information content (AvgIpc) is 2.23. The second kappa shape index (κ2) is 3.76. The summed E-state index contributed by atoms with van der Waals surface area (Å²) in [6, 6.07) is 17.1. The molecule has 0 aromatic heterocycles. The minimum Gasteiger partial charge on any atom is -0.457 e. The van der Waals surface area contributed by atoms with E-state index < -0.39 is 0 Å². The first-order valence-corrected chi connectivity index (χ1v) is 4.14. The van der Waals surface area contributed by atoms with E-state index in [1.807, 2.05) is 30.3 Å². The predicted octanol–water partition coefficient (Wildman–Crippen LogP) is 3.48. The lowest BCUT2D eigenvalue weighted by Crippen LogP contribution is -1.81. The number of hydrogen-bond donors (Lipinski definition) is 0. The zero-order valence-electron chi connectivity index (χ0n) is 8.10. The summed E-state index contributed by atoms with van der Waals surface area (Å²) in [6.07, 6.45) is 0. The summed E-state index contributed by atoms with van der Waals surface area (Å²) in [7, 11) is 0. The Hall–Kier alpha value is -1.76. The monoisotopic (exact) mass is 172 g/mol. The molecule has 0 saturated heterocycles. The summed E-state index contributed by atoms with van der Waals surface area (Å²) in [6.45, 7) is 0. The van der Waals surface area contributed by atoms with Gasteiger partial charge in [0.2, 0.25) is 0 Å². The van der Waals surface area contributed by atoms with Crippen molar-refractivity contribution in [3.63, 3.8) is 0 Å². The lowest BCUT2D eigenvalue weighted by atomic mass is 10.3. The lowest BCUT2D eigenvalue weighted by molar-refractivity contribution is 0.482. The van der Waals surface area contributed by atoms with Crippen LogP contribution in [0.25, 0.3) is 0 Å². The maximum atomic E-state index is 7.32. The average molecular weight is 172 g/mol. The standard InChI is InChI=1S/C12H10O/c1-3-7-11(8-4-1)13-12-9-5-2-6-10-12/h1-10H/i1T. The van der Waals surface area contributed by atoms with E-state index in [-0.39, 0.29) is 0 Å². The summed E-state index contributed by atoms with van der Waals surface area (Å²) < 4.78 is 12.9. The molecule has 2 rings (SSSR count). The molecule has 0 aliphatic carbocycles. The van der Waals surface area contributed by atoms with Gasteiger partial charge in [-0.15, -0.1) is 0 Å². The highest BCUT2D eigenvalue weighted by atomic mass is 16.5. The fraction of sp³-hybridized carbons (Fsp3) is 0. The first-order valence-electron chi connectivity index (χ1n) is 4.64. The number of benzene rings is 2. The van der Waals surface area contributed by atoms with Gasteiger partial charge < -0.3 is 4.74 Å². The van der Waals surface area contributed by atoms with Gasteiger partial charge in [0.05, 0.1) is 1.37 Å². The Morgan fingerprint density at radius 1 is 0.769 bits per heavy atom. The van der Waals surface area contributed by atoms with E-state index in [0.29, 0.717) is 6.04 Å². The Labute approximate surface area is 79.0 Å². The van der Waals surface area contributed by atoms with Crippen LogP contribution < -0.4 is 4.74 Å². The molecule has 0 amide bonds. The minimum absolute atomic E-state index is 0.491. The smallest absolute Gasteiger partial charge is 0.127 e. The molecule has 0 spiro atoms. The molecule has 2 aromatic rings. The molecule has 13 heavy (non-hydrogen) atoms. The first kappa shape index (κ1) is 6.72. The number of rotatable bonds is 2. The van der Waals surface area contributed by atoms with Crippen molar-refractivity contribution in [3.05, 3.63) is 60.6 Å². The number of hydrogen-bond acceptors (Lipinski definition) is 1. The summed E-state index contributed by atoms with van der Waals surface area (Å²) in [5, 5.41) is 0. The van der Waals surface area contributed by atoms with E-state index in [0.717, 1.165) is 11.5 Å². The zero-order chi connectivity index (χ0) is 9.80. The molecule has 0 heterocycles. The summed E-state index contributed by atoms with van der Waals surface area (Å²) in [5.74, 6) is 1.57.